The largest absolute Gasteiger partial charge is 0.388 e. The molecule has 1 atom stereocenters. The molecule has 1 aromatic heterocycles. The highest BCUT2D eigenvalue weighted by Gasteiger charge is 2.52. The predicted molar refractivity (Wildman–Crippen MR) is 79.4 cm³/mol. The molecule has 1 saturated heterocycles. The molecule has 5 nitrogen and oxygen atoms in total. The van der Waals surface area contributed by atoms with Crippen LogP contribution in [0.2, 0.25) is 0 Å². The van der Waals surface area contributed by atoms with Gasteiger partial charge in [0.15, 0.2) is 0 Å². The summed E-state index contributed by atoms with van der Waals surface area (Å²) in [6.45, 7) is 4.61. The molecule has 2 aliphatic rings. The fraction of sp³-hybridized carbons (Fsp3) is 0.625. The molecule has 2 heterocycles. The van der Waals surface area contributed by atoms with Gasteiger partial charge < -0.3 is 15.0 Å². The molecule has 2 N–H and O–H groups in total. The van der Waals surface area contributed by atoms with Crippen LogP contribution in [0.15, 0.2) is 16.9 Å². The zero-order valence-electron chi connectivity index (χ0n) is 12.6. The van der Waals surface area contributed by atoms with Crippen LogP contribution in [0.3, 0.4) is 0 Å². The van der Waals surface area contributed by atoms with Crippen molar-refractivity contribution >= 4 is 5.91 Å². The first-order valence-corrected chi connectivity index (χ1v) is 7.69. The average molecular weight is 290 g/mol. The molecule has 0 spiro atoms. The van der Waals surface area contributed by atoms with Crippen LogP contribution in [0.5, 0.6) is 0 Å². The second kappa shape index (κ2) is 4.98. The van der Waals surface area contributed by atoms with Crippen molar-refractivity contribution in [3.05, 3.63) is 33.7 Å². The Balaban J connectivity index is 1.86. The van der Waals surface area contributed by atoms with Gasteiger partial charge in [-0.15, -0.1) is 0 Å². The number of nitrogens with zero attached hydrogens (tertiary/aromatic N) is 1. The van der Waals surface area contributed by atoms with Crippen molar-refractivity contribution in [1.82, 2.24) is 9.88 Å². The van der Waals surface area contributed by atoms with E-state index in [0.717, 1.165) is 31.4 Å². The fourth-order valence-electron chi connectivity index (χ4n) is 3.18. The van der Waals surface area contributed by atoms with Crippen molar-refractivity contribution in [3.8, 4) is 0 Å². The fourth-order valence-corrected chi connectivity index (χ4v) is 3.18. The van der Waals surface area contributed by atoms with E-state index in [4.69, 9.17) is 0 Å². The highest BCUT2D eigenvalue weighted by molar-refractivity contribution is 5.94. The number of hydrogen-bond donors (Lipinski definition) is 2. The van der Waals surface area contributed by atoms with E-state index >= 15 is 0 Å². The summed E-state index contributed by atoms with van der Waals surface area (Å²) in [5, 5.41) is 10.3. The summed E-state index contributed by atoms with van der Waals surface area (Å²) in [6, 6.07) is 3.29. The van der Waals surface area contributed by atoms with Gasteiger partial charge in [-0.25, -0.2) is 0 Å². The summed E-state index contributed by atoms with van der Waals surface area (Å²) in [4.78, 5) is 29.2. The number of aromatic nitrogens is 1. The van der Waals surface area contributed by atoms with E-state index in [2.05, 4.69) is 4.98 Å². The number of carbonyl (C=O) groups is 1. The normalized spacial score (nSPS) is 23.6. The molecule has 1 unspecified atom stereocenters. The van der Waals surface area contributed by atoms with Gasteiger partial charge in [-0.1, -0.05) is 13.8 Å². The van der Waals surface area contributed by atoms with Gasteiger partial charge in [0.1, 0.15) is 5.56 Å². The molecular formula is C16H22N2O3. The molecular weight excluding hydrogens is 268 g/mol. The molecule has 2 fully saturated rings. The quantitative estimate of drug-likeness (QED) is 0.888. The van der Waals surface area contributed by atoms with Crippen LogP contribution >= 0.6 is 0 Å². The Morgan fingerprint density at radius 2 is 2.14 bits per heavy atom. The lowest BCUT2D eigenvalue weighted by Crippen LogP contribution is -2.45. The Kier molecular flexibility index (Phi) is 3.40. The first-order chi connectivity index (χ1) is 9.92. The van der Waals surface area contributed by atoms with Crippen LogP contribution in [0, 0.1) is 0 Å². The van der Waals surface area contributed by atoms with Crippen molar-refractivity contribution < 1.29 is 9.90 Å². The van der Waals surface area contributed by atoms with E-state index in [1.165, 1.54) is 0 Å². The molecule has 1 aliphatic carbocycles. The van der Waals surface area contributed by atoms with E-state index in [9.17, 15) is 14.7 Å². The van der Waals surface area contributed by atoms with Crippen LogP contribution in [0.4, 0.5) is 0 Å². The SMILES string of the molecule is CC(C)c1ccc(C(=O)N2CCCC2C2(O)CC2)c(=O)[nH]1. The lowest BCUT2D eigenvalue weighted by molar-refractivity contribution is 0.0385. The molecule has 3 rings (SSSR count). The summed E-state index contributed by atoms with van der Waals surface area (Å²) < 4.78 is 0. The lowest BCUT2D eigenvalue weighted by Gasteiger charge is -2.28. The summed E-state index contributed by atoms with van der Waals surface area (Å²) in [7, 11) is 0. The van der Waals surface area contributed by atoms with Crippen molar-refractivity contribution in [1.29, 1.82) is 0 Å². The number of likely N-dealkylation sites (tertiary alicyclic amines) is 1. The molecule has 0 bridgehead atoms. The number of aromatic amines is 1. The maximum Gasteiger partial charge on any atom is 0.261 e. The molecule has 1 saturated carbocycles. The van der Waals surface area contributed by atoms with Crippen molar-refractivity contribution in [2.75, 3.05) is 6.54 Å². The van der Waals surface area contributed by atoms with E-state index in [1.54, 1.807) is 17.0 Å². The minimum atomic E-state index is -0.712. The van der Waals surface area contributed by atoms with Crippen LogP contribution in [0.1, 0.15) is 61.5 Å². The molecule has 1 aliphatic heterocycles. The number of nitrogens with one attached hydrogen (secondary N) is 1. The third kappa shape index (κ3) is 2.50. The summed E-state index contributed by atoms with van der Waals surface area (Å²) in [5.74, 6) is -0.0389. The van der Waals surface area contributed by atoms with Gasteiger partial charge in [-0.2, -0.15) is 0 Å². The zero-order valence-corrected chi connectivity index (χ0v) is 12.6. The minimum Gasteiger partial charge on any atom is -0.388 e. The van der Waals surface area contributed by atoms with Gasteiger partial charge in [0.2, 0.25) is 0 Å². The van der Waals surface area contributed by atoms with E-state index < -0.39 is 5.60 Å². The molecule has 21 heavy (non-hydrogen) atoms. The van der Waals surface area contributed by atoms with Crippen molar-refractivity contribution in [2.45, 2.75) is 57.1 Å². The number of H-pyrrole nitrogens is 1. The number of amides is 1. The van der Waals surface area contributed by atoms with Crippen molar-refractivity contribution in [2.24, 2.45) is 0 Å². The lowest BCUT2D eigenvalue weighted by atomic mass is 10.1. The maximum atomic E-state index is 12.6. The smallest absolute Gasteiger partial charge is 0.261 e. The Labute approximate surface area is 124 Å². The number of carbonyl (C=O) groups excluding carboxylic acids is 1. The average Bonchev–Trinajstić information content (AvgIpc) is 3.01. The first kappa shape index (κ1) is 14.3. The van der Waals surface area contributed by atoms with Gasteiger partial charge >= 0.3 is 0 Å². The Hall–Kier alpha value is -1.62. The highest BCUT2D eigenvalue weighted by Crippen LogP contribution is 2.44. The van der Waals surface area contributed by atoms with E-state index in [-0.39, 0.29) is 29.0 Å². The highest BCUT2D eigenvalue weighted by atomic mass is 16.3. The Morgan fingerprint density at radius 3 is 2.71 bits per heavy atom. The van der Waals surface area contributed by atoms with Gasteiger partial charge in [0, 0.05) is 12.2 Å². The molecule has 0 aromatic carbocycles. The van der Waals surface area contributed by atoms with Gasteiger partial charge in [0.05, 0.1) is 11.6 Å². The second-order valence-electron chi connectivity index (χ2n) is 6.57. The molecule has 114 valence electrons. The number of hydrogen-bond acceptors (Lipinski definition) is 3. The topological polar surface area (TPSA) is 73.4 Å². The standard InChI is InChI=1S/C16H22N2O3/c1-10(2)12-6-5-11(14(19)17-12)15(20)18-9-3-4-13(18)16(21)7-8-16/h5-6,10,13,21H,3-4,7-9H2,1-2H3,(H,17,19). The zero-order chi connectivity index (χ0) is 15.2. The number of pyridine rings is 1. The Morgan fingerprint density at radius 1 is 1.43 bits per heavy atom. The van der Waals surface area contributed by atoms with Crippen LogP contribution in [-0.2, 0) is 0 Å². The summed E-state index contributed by atoms with van der Waals surface area (Å²) >= 11 is 0. The van der Waals surface area contributed by atoms with Crippen LogP contribution in [-0.4, -0.2) is 39.1 Å². The molecule has 1 amide bonds. The number of rotatable bonds is 3. The van der Waals surface area contributed by atoms with Crippen molar-refractivity contribution in [3.63, 3.8) is 0 Å². The Bertz CT molecular complexity index is 616. The third-order valence-electron chi connectivity index (χ3n) is 4.68. The van der Waals surface area contributed by atoms with E-state index in [1.807, 2.05) is 13.8 Å². The van der Waals surface area contributed by atoms with E-state index in [0.29, 0.717) is 6.54 Å². The predicted octanol–water partition coefficient (Wildman–Crippen LogP) is 1.63. The van der Waals surface area contributed by atoms with Gasteiger partial charge in [-0.05, 0) is 43.7 Å². The van der Waals surface area contributed by atoms with Crippen LogP contribution in [0.25, 0.3) is 0 Å². The van der Waals surface area contributed by atoms with Gasteiger partial charge in [-0.3, -0.25) is 9.59 Å². The second-order valence-corrected chi connectivity index (χ2v) is 6.57. The summed E-state index contributed by atoms with van der Waals surface area (Å²) in [6.07, 6.45) is 3.22. The first-order valence-electron chi connectivity index (χ1n) is 7.69. The third-order valence-corrected chi connectivity index (χ3v) is 4.68. The molecule has 1 aromatic rings. The van der Waals surface area contributed by atoms with Crippen LogP contribution < -0.4 is 5.56 Å². The summed E-state index contributed by atoms with van der Waals surface area (Å²) in [5.41, 5.74) is -0.0397. The van der Waals surface area contributed by atoms with Gasteiger partial charge in [0.25, 0.3) is 11.5 Å². The molecule has 0 radical (unpaired) electrons. The number of aliphatic hydroxyl groups is 1. The maximum absolute atomic E-state index is 12.6. The molecule has 5 heteroatoms. The monoisotopic (exact) mass is 290 g/mol. The minimum absolute atomic E-state index is 0.130.